The van der Waals surface area contributed by atoms with Crippen LogP contribution in [0.3, 0.4) is 0 Å². The summed E-state index contributed by atoms with van der Waals surface area (Å²) in [6.45, 7) is 4.80. The van der Waals surface area contributed by atoms with E-state index in [0.717, 1.165) is 19.6 Å². The Morgan fingerprint density at radius 2 is 1.62 bits per heavy atom. The molecule has 1 heterocycles. The number of hydrogen-bond donors (Lipinski definition) is 3. The normalized spacial score (nSPS) is 14.0. The minimum absolute atomic E-state index is 0.121. The first kappa shape index (κ1) is 15.1. The summed E-state index contributed by atoms with van der Waals surface area (Å²) in [5.41, 5.74) is 1.39. The van der Waals surface area contributed by atoms with Crippen molar-refractivity contribution in [1.82, 2.24) is 10.2 Å². The number of nitrogens with one attached hydrogen (secondary N) is 3. The second-order valence-electron chi connectivity index (χ2n) is 4.87. The van der Waals surface area contributed by atoms with Crippen LogP contribution in [0.4, 0.5) is 16.2 Å². The minimum Gasteiger partial charge on any atom is -0.337 e. The van der Waals surface area contributed by atoms with E-state index in [0.29, 0.717) is 17.9 Å². The van der Waals surface area contributed by atoms with Gasteiger partial charge in [0, 0.05) is 44.5 Å². The van der Waals surface area contributed by atoms with E-state index < -0.39 is 0 Å². The number of urea groups is 1. The lowest BCUT2D eigenvalue weighted by atomic mass is 10.3. The number of carbonyl (C=O) groups is 2. The molecule has 0 atom stereocenters. The van der Waals surface area contributed by atoms with Crippen LogP contribution in [0.25, 0.3) is 0 Å². The van der Waals surface area contributed by atoms with Gasteiger partial charge in [0.05, 0.1) is 0 Å². The zero-order valence-corrected chi connectivity index (χ0v) is 12.1. The van der Waals surface area contributed by atoms with Crippen molar-refractivity contribution >= 4 is 23.3 Å². The van der Waals surface area contributed by atoms with Crippen LogP contribution >= 0.6 is 0 Å². The molecule has 0 spiro atoms. The van der Waals surface area contributed by atoms with Crippen molar-refractivity contribution in [3.63, 3.8) is 0 Å². The number of amides is 3. The lowest BCUT2D eigenvalue weighted by Crippen LogP contribution is -2.36. The molecule has 0 aromatic heterocycles. The molecule has 21 heavy (non-hydrogen) atoms. The molecule has 1 aliphatic rings. The van der Waals surface area contributed by atoms with Crippen LogP contribution < -0.4 is 16.0 Å². The molecule has 0 radical (unpaired) electrons. The van der Waals surface area contributed by atoms with Gasteiger partial charge in [-0.1, -0.05) is 12.2 Å². The molecule has 1 aliphatic heterocycles. The molecule has 0 bridgehead atoms. The molecule has 3 amide bonds. The third-order valence-electron chi connectivity index (χ3n) is 3.07. The van der Waals surface area contributed by atoms with Crippen molar-refractivity contribution < 1.29 is 9.59 Å². The van der Waals surface area contributed by atoms with Crippen LogP contribution in [0.2, 0.25) is 0 Å². The molecule has 1 aromatic rings. The van der Waals surface area contributed by atoms with Crippen molar-refractivity contribution in [1.29, 1.82) is 0 Å². The second kappa shape index (κ2) is 7.44. The van der Waals surface area contributed by atoms with E-state index in [4.69, 9.17) is 0 Å². The number of benzene rings is 1. The smallest absolute Gasteiger partial charge is 0.319 e. The maximum Gasteiger partial charge on any atom is 0.319 e. The lowest BCUT2D eigenvalue weighted by molar-refractivity contribution is -0.114. The van der Waals surface area contributed by atoms with Crippen LogP contribution in [0.15, 0.2) is 36.4 Å². The van der Waals surface area contributed by atoms with Gasteiger partial charge in [0.2, 0.25) is 5.91 Å². The van der Waals surface area contributed by atoms with Crippen LogP contribution in [0.5, 0.6) is 0 Å². The van der Waals surface area contributed by atoms with Crippen LogP contribution in [0.1, 0.15) is 6.92 Å². The summed E-state index contributed by atoms with van der Waals surface area (Å²) in [7, 11) is 0. The van der Waals surface area contributed by atoms with E-state index in [-0.39, 0.29) is 11.9 Å². The average Bonchev–Trinajstić information content (AvgIpc) is 2.93. The number of nitrogens with zero attached hydrogens (tertiary/aromatic N) is 1. The molecule has 3 N–H and O–H groups in total. The summed E-state index contributed by atoms with van der Waals surface area (Å²) in [6, 6.07) is 6.75. The molecule has 6 heteroatoms. The maximum atomic E-state index is 11.7. The van der Waals surface area contributed by atoms with Crippen molar-refractivity contribution in [2.75, 3.05) is 36.8 Å². The first-order valence-electron chi connectivity index (χ1n) is 6.93. The molecule has 0 saturated heterocycles. The molecular formula is C15H20N4O2. The Bertz CT molecular complexity index is 517. The molecule has 6 nitrogen and oxygen atoms in total. The monoisotopic (exact) mass is 288 g/mol. The molecular weight excluding hydrogens is 268 g/mol. The first-order chi connectivity index (χ1) is 10.1. The highest BCUT2D eigenvalue weighted by atomic mass is 16.2. The third kappa shape index (κ3) is 5.27. The zero-order chi connectivity index (χ0) is 15.1. The van der Waals surface area contributed by atoms with E-state index >= 15 is 0 Å². The van der Waals surface area contributed by atoms with Gasteiger partial charge in [0.1, 0.15) is 0 Å². The topological polar surface area (TPSA) is 73.5 Å². The molecule has 2 rings (SSSR count). The summed E-state index contributed by atoms with van der Waals surface area (Å²) in [6.07, 6.45) is 4.24. The van der Waals surface area contributed by atoms with E-state index in [2.05, 4.69) is 33.0 Å². The number of hydrogen-bond acceptors (Lipinski definition) is 3. The van der Waals surface area contributed by atoms with Crippen LogP contribution in [0, 0.1) is 0 Å². The zero-order valence-electron chi connectivity index (χ0n) is 12.1. The largest absolute Gasteiger partial charge is 0.337 e. The average molecular weight is 288 g/mol. The van der Waals surface area contributed by atoms with Crippen molar-refractivity contribution in [3.8, 4) is 0 Å². The fourth-order valence-corrected chi connectivity index (χ4v) is 2.05. The Balaban J connectivity index is 1.70. The van der Waals surface area contributed by atoms with E-state index in [1.165, 1.54) is 6.92 Å². The number of carbonyl (C=O) groups excluding carboxylic acids is 2. The Kier molecular flexibility index (Phi) is 5.34. The predicted octanol–water partition coefficient (Wildman–Crippen LogP) is 1.64. The summed E-state index contributed by atoms with van der Waals surface area (Å²) in [4.78, 5) is 24.9. The molecule has 112 valence electrons. The fraction of sp³-hybridized carbons (Fsp3) is 0.333. The Labute approximate surface area is 124 Å². The van der Waals surface area contributed by atoms with Gasteiger partial charge in [-0.25, -0.2) is 4.79 Å². The number of anilines is 2. The third-order valence-corrected chi connectivity index (χ3v) is 3.07. The van der Waals surface area contributed by atoms with Gasteiger partial charge in [0.15, 0.2) is 0 Å². The highest BCUT2D eigenvalue weighted by Crippen LogP contribution is 2.13. The summed E-state index contributed by atoms with van der Waals surface area (Å²) in [5.74, 6) is -0.121. The van der Waals surface area contributed by atoms with Gasteiger partial charge < -0.3 is 16.0 Å². The van der Waals surface area contributed by atoms with Gasteiger partial charge in [0.25, 0.3) is 0 Å². The molecule has 1 aromatic carbocycles. The summed E-state index contributed by atoms with van der Waals surface area (Å²) >= 11 is 0. The van der Waals surface area contributed by atoms with Gasteiger partial charge in [-0.3, -0.25) is 9.69 Å². The van der Waals surface area contributed by atoms with Gasteiger partial charge in [-0.15, -0.1) is 0 Å². The molecule has 0 fully saturated rings. The highest BCUT2D eigenvalue weighted by Gasteiger charge is 2.06. The van der Waals surface area contributed by atoms with E-state index in [1.807, 2.05) is 0 Å². The highest BCUT2D eigenvalue weighted by molar-refractivity contribution is 5.91. The van der Waals surface area contributed by atoms with E-state index in [1.54, 1.807) is 24.3 Å². The quantitative estimate of drug-likeness (QED) is 0.721. The molecule has 0 saturated carbocycles. The van der Waals surface area contributed by atoms with Crippen molar-refractivity contribution in [2.45, 2.75) is 6.92 Å². The minimum atomic E-state index is -0.227. The van der Waals surface area contributed by atoms with Gasteiger partial charge in [-0.05, 0) is 24.3 Å². The van der Waals surface area contributed by atoms with Crippen molar-refractivity contribution in [2.24, 2.45) is 0 Å². The molecule has 0 unspecified atom stereocenters. The van der Waals surface area contributed by atoms with Crippen LogP contribution in [-0.2, 0) is 4.79 Å². The Morgan fingerprint density at radius 3 is 2.19 bits per heavy atom. The SMILES string of the molecule is CC(=O)Nc1ccc(NC(=O)NCCN2CC=CC2)cc1. The molecule has 0 aliphatic carbocycles. The predicted molar refractivity (Wildman–Crippen MR) is 83.3 cm³/mol. The maximum absolute atomic E-state index is 11.7. The number of rotatable bonds is 5. The van der Waals surface area contributed by atoms with Gasteiger partial charge >= 0.3 is 6.03 Å². The van der Waals surface area contributed by atoms with Crippen LogP contribution in [-0.4, -0.2) is 43.0 Å². The van der Waals surface area contributed by atoms with Gasteiger partial charge in [-0.2, -0.15) is 0 Å². The van der Waals surface area contributed by atoms with E-state index in [9.17, 15) is 9.59 Å². The summed E-state index contributed by atoms with van der Waals surface area (Å²) < 4.78 is 0. The second-order valence-corrected chi connectivity index (χ2v) is 4.87. The van der Waals surface area contributed by atoms with Crippen molar-refractivity contribution in [3.05, 3.63) is 36.4 Å². The Morgan fingerprint density at radius 1 is 1.05 bits per heavy atom. The summed E-state index contributed by atoms with van der Waals surface area (Å²) in [5, 5.41) is 8.24. The standard InChI is InChI=1S/C15H20N4O2/c1-12(20)17-13-4-6-14(7-5-13)18-15(21)16-8-11-19-9-2-3-10-19/h2-7H,8-11H2,1H3,(H,17,20)(H2,16,18,21). The first-order valence-corrected chi connectivity index (χ1v) is 6.93. The lowest BCUT2D eigenvalue weighted by Gasteiger charge is -2.15. The Hall–Kier alpha value is -2.34. The fourth-order valence-electron chi connectivity index (χ4n) is 2.05.